The zero-order valence-corrected chi connectivity index (χ0v) is 12.0. The standard InChI is InChI=1S/C14H15ClN2O.ClH/c15-13-7-11-9-17-4-1-10(11)8-14(13)18-12-2-5-16-6-3-12;/h1,4,7-9,12,16H,2-3,5-6H2;1H. The van der Waals surface area contributed by atoms with Crippen LogP contribution in [0.5, 0.6) is 5.75 Å². The molecule has 1 aromatic carbocycles. The molecule has 0 saturated carbocycles. The Balaban J connectivity index is 0.00000133. The second-order valence-electron chi connectivity index (χ2n) is 4.57. The molecular formula is C14H16Cl2N2O. The average Bonchev–Trinajstić information content (AvgIpc) is 2.41. The molecule has 2 aromatic rings. The Morgan fingerprint density at radius 2 is 2.00 bits per heavy atom. The normalized spacial score (nSPS) is 16.1. The van der Waals surface area contributed by atoms with Crippen molar-refractivity contribution in [1.82, 2.24) is 10.3 Å². The number of rotatable bonds is 2. The van der Waals surface area contributed by atoms with Gasteiger partial charge in [0.1, 0.15) is 11.9 Å². The third-order valence-corrected chi connectivity index (χ3v) is 3.57. The lowest BCUT2D eigenvalue weighted by molar-refractivity contribution is 0.163. The summed E-state index contributed by atoms with van der Waals surface area (Å²) in [7, 11) is 0. The number of nitrogens with one attached hydrogen (secondary N) is 1. The minimum atomic E-state index is 0. The fraction of sp³-hybridized carbons (Fsp3) is 0.357. The van der Waals surface area contributed by atoms with Gasteiger partial charge in [-0.05, 0) is 49.5 Å². The largest absolute Gasteiger partial charge is 0.489 e. The highest BCUT2D eigenvalue weighted by Gasteiger charge is 2.16. The number of nitrogens with zero attached hydrogens (tertiary/aromatic N) is 1. The van der Waals surface area contributed by atoms with Crippen LogP contribution in [0.1, 0.15) is 12.8 Å². The molecule has 1 aliphatic heterocycles. The molecule has 1 N–H and O–H groups in total. The average molecular weight is 299 g/mol. The number of ether oxygens (including phenoxy) is 1. The molecule has 1 saturated heterocycles. The van der Waals surface area contributed by atoms with E-state index in [2.05, 4.69) is 10.3 Å². The van der Waals surface area contributed by atoms with E-state index in [0.29, 0.717) is 5.02 Å². The van der Waals surface area contributed by atoms with Gasteiger partial charge >= 0.3 is 0 Å². The first kappa shape index (κ1) is 14.4. The van der Waals surface area contributed by atoms with Gasteiger partial charge in [-0.25, -0.2) is 0 Å². The molecule has 2 heterocycles. The summed E-state index contributed by atoms with van der Waals surface area (Å²) < 4.78 is 6.00. The number of pyridine rings is 1. The van der Waals surface area contributed by atoms with Crippen LogP contribution in [0.4, 0.5) is 0 Å². The van der Waals surface area contributed by atoms with Gasteiger partial charge in [-0.15, -0.1) is 12.4 Å². The first-order valence-corrected chi connectivity index (χ1v) is 6.61. The van der Waals surface area contributed by atoms with Crippen molar-refractivity contribution < 1.29 is 4.74 Å². The Morgan fingerprint density at radius 3 is 2.79 bits per heavy atom. The molecule has 1 aromatic heterocycles. The summed E-state index contributed by atoms with van der Waals surface area (Å²) in [6.07, 6.45) is 5.93. The van der Waals surface area contributed by atoms with Crippen LogP contribution in [0.15, 0.2) is 30.6 Å². The Kier molecular flexibility index (Phi) is 4.86. The topological polar surface area (TPSA) is 34.1 Å². The van der Waals surface area contributed by atoms with Gasteiger partial charge in [0.15, 0.2) is 0 Å². The van der Waals surface area contributed by atoms with E-state index in [0.717, 1.165) is 42.5 Å². The van der Waals surface area contributed by atoms with E-state index in [4.69, 9.17) is 16.3 Å². The second kappa shape index (κ2) is 6.42. The highest BCUT2D eigenvalue weighted by molar-refractivity contribution is 6.32. The Labute approximate surface area is 123 Å². The molecule has 1 aliphatic rings. The van der Waals surface area contributed by atoms with Gasteiger partial charge in [0.05, 0.1) is 5.02 Å². The SMILES string of the molecule is Cl.Clc1cc2cnccc2cc1OC1CCNCC1. The van der Waals surface area contributed by atoms with Gasteiger partial charge in [0, 0.05) is 17.8 Å². The number of aromatic nitrogens is 1. The van der Waals surface area contributed by atoms with Crippen LogP contribution < -0.4 is 10.1 Å². The van der Waals surface area contributed by atoms with Gasteiger partial charge in [0.25, 0.3) is 0 Å². The first-order chi connectivity index (χ1) is 8.83. The van der Waals surface area contributed by atoms with Crippen LogP contribution in [-0.2, 0) is 0 Å². The minimum Gasteiger partial charge on any atom is -0.489 e. The van der Waals surface area contributed by atoms with Gasteiger partial charge in [-0.2, -0.15) is 0 Å². The van der Waals surface area contributed by atoms with Crippen LogP contribution in [0.3, 0.4) is 0 Å². The molecule has 3 rings (SSSR count). The number of hydrogen-bond acceptors (Lipinski definition) is 3. The number of halogens is 2. The zero-order chi connectivity index (χ0) is 12.4. The number of hydrogen-bond donors (Lipinski definition) is 1. The summed E-state index contributed by atoms with van der Waals surface area (Å²) in [5, 5.41) is 6.14. The maximum atomic E-state index is 6.25. The van der Waals surface area contributed by atoms with E-state index < -0.39 is 0 Å². The summed E-state index contributed by atoms with van der Waals surface area (Å²) in [4.78, 5) is 4.09. The number of benzene rings is 1. The van der Waals surface area contributed by atoms with Crippen LogP contribution >= 0.6 is 24.0 Å². The maximum Gasteiger partial charge on any atom is 0.138 e. The molecule has 0 amide bonds. The first-order valence-electron chi connectivity index (χ1n) is 6.23. The highest BCUT2D eigenvalue weighted by atomic mass is 35.5. The van der Waals surface area contributed by atoms with Crippen LogP contribution in [0.25, 0.3) is 10.8 Å². The van der Waals surface area contributed by atoms with Crippen molar-refractivity contribution in [3.05, 3.63) is 35.6 Å². The second-order valence-corrected chi connectivity index (χ2v) is 4.98. The van der Waals surface area contributed by atoms with Crippen molar-refractivity contribution in [3.8, 4) is 5.75 Å². The van der Waals surface area contributed by atoms with Gasteiger partial charge in [0.2, 0.25) is 0 Å². The maximum absolute atomic E-state index is 6.25. The summed E-state index contributed by atoms with van der Waals surface area (Å²) in [6, 6.07) is 5.89. The van der Waals surface area contributed by atoms with E-state index in [9.17, 15) is 0 Å². The van der Waals surface area contributed by atoms with Crippen LogP contribution in [-0.4, -0.2) is 24.2 Å². The zero-order valence-electron chi connectivity index (χ0n) is 10.4. The molecule has 0 unspecified atom stereocenters. The smallest absolute Gasteiger partial charge is 0.138 e. The molecule has 1 fully saturated rings. The van der Waals surface area contributed by atoms with Crippen molar-refractivity contribution in [3.63, 3.8) is 0 Å². The van der Waals surface area contributed by atoms with Gasteiger partial charge in [-0.1, -0.05) is 11.6 Å². The van der Waals surface area contributed by atoms with Crippen molar-refractivity contribution >= 4 is 34.8 Å². The van der Waals surface area contributed by atoms with E-state index in [-0.39, 0.29) is 18.5 Å². The molecule has 5 heteroatoms. The van der Waals surface area contributed by atoms with Gasteiger partial charge in [-0.3, -0.25) is 4.98 Å². The predicted octanol–water partition coefficient (Wildman–Crippen LogP) is 3.44. The molecule has 19 heavy (non-hydrogen) atoms. The highest BCUT2D eigenvalue weighted by Crippen LogP contribution is 2.31. The van der Waals surface area contributed by atoms with E-state index >= 15 is 0 Å². The third-order valence-electron chi connectivity index (χ3n) is 3.27. The monoisotopic (exact) mass is 298 g/mol. The lowest BCUT2D eigenvalue weighted by Gasteiger charge is -2.24. The third kappa shape index (κ3) is 3.30. The van der Waals surface area contributed by atoms with Crippen LogP contribution in [0.2, 0.25) is 5.02 Å². The van der Waals surface area contributed by atoms with Gasteiger partial charge < -0.3 is 10.1 Å². The van der Waals surface area contributed by atoms with Crippen molar-refractivity contribution in [2.45, 2.75) is 18.9 Å². The Bertz CT molecular complexity index is 556. The van der Waals surface area contributed by atoms with E-state index in [1.165, 1.54) is 0 Å². The number of fused-ring (bicyclic) bond motifs is 1. The summed E-state index contributed by atoms with van der Waals surface area (Å²) in [6.45, 7) is 2.03. The fourth-order valence-electron chi connectivity index (χ4n) is 2.27. The molecule has 0 spiro atoms. The van der Waals surface area contributed by atoms with Crippen LogP contribution in [0, 0.1) is 0 Å². The van der Waals surface area contributed by atoms with Crippen molar-refractivity contribution in [2.75, 3.05) is 13.1 Å². The molecule has 0 atom stereocenters. The predicted molar refractivity (Wildman–Crippen MR) is 80.5 cm³/mol. The molecule has 0 radical (unpaired) electrons. The Morgan fingerprint density at radius 1 is 1.21 bits per heavy atom. The molecule has 3 nitrogen and oxygen atoms in total. The summed E-state index contributed by atoms with van der Waals surface area (Å²) in [5.41, 5.74) is 0. The quantitative estimate of drug-likeness (QED) is 0.922. The van der Waals surface area contributed by atoms with E-state index in [1.54, 1.807) is 6.20 Å². The molecular weight excluding hydrogens is 283 g/mol. The number of piperidine rings is 1. The summed E-state index contributed by atoms with van der Waals surface area (Å²) >= 11 is 6.25. The molecule has 0 aliphatic carbocycles. The van der Waals surface area contributed by atoms with Crippen molar-refractivity contribution in [1.29, 1.82) is 0 Å². The lowest BCUT2D eigenvalue weighted by atomic mass is 10.1. The summed E-state index contributed by atoms with van der Waals surface area (Å²) in [5.74, 6) is 0.780. The fourth-order valence-corrected chi connectivity index (χ4v) is 2.49. The van der Waals surface area contributed by atoms with E-state index in [1.807, 2.05) is 24.4 Å². The minimum absolute atomic E-state index is 0. The lowest BCUT2D eigenvalue weighted by Crippen LogP contribution is -2.34. The molecule has 102 valence electrons. The Hall–Kier alpha value is -1.03. The van der Waals surface area contributed by atoms with Crippen molar-refractivity contribution in [2.24, 2.45) is 0 Å². The molecule has 0 bridgehead atoms.